The Kier molecular flexibility index (Phi) is 6.06. The average molecular weight is 389 g/mol. The van der Waals surface area contributed by atoms with Gasteiger partial charge in [0.05, 0.1) is 19.8 Å². The number of amides is 3. The first-order valence-electron chi connectivity index (χ1n) is 9.46. The van der Waals surface area contributed by atoms with E-state index in [9.17, 15) is 14.4 Å². The minimum atomic E-state index is -0.382. The molecule has 1 aromatic carbocycles. The number of hydrogen-bond acceptors (Lipinski definition) is 5. The van der Waals surface area contributed by atoms with Crippen molar-refractivity contribution >= 4 is 17.9 Å². The zero-order chi connectivity index (χ0) is 20.3. The van der Waals surface area contributed by atoms with Gasteiger partial charge in [0.2, 0.25) is 5.91 Å². The molecule has 2 heterocycles. The lowest BCUT2D eigenvalue weighted by Gasteiger charge is -2.21. The van der Waals surface area contributed by atoms with Crippen LogP contribution in [0.25, 0.3) is 0 Å². The van der Waals surface area contributed by atoms with Gasteiger partial charge in [0, 0.05) is 33.2 Å². The van der Waals surface area contributed by atoms with Gasteiger partial charge in [0.15, 0.2) is 0 Å². The van der Waals surface area contributed by atoms with Gasteiger partial charge >= 0.3 is 12.0 Å². The maximum Gasteiger partial charge on any atom is 0.337 e. The standard InChI is InChI=1S/C20H27N3O5/c1-21-8-9-23(20(21)26)13-18(24)22-7-6-14(12-22)10-16-11-15(19(25)28-3)4-5-17(16)27-2/h4-5,11,14H,6-10,12-13H2,1-3H3. The van der Waals surface area contributed by atoms with Gasteiger partial charge in [-0.2, -0.15) is 0 Å². The molecule has 1 unspecified atom stereocenters. The average Bonchev–Trinajstić information content (AvgIpc) is 3.29. The fourth-order valence-electron chi connectivity index (χ4n) is 3.83. The second kappa shape index (κ2) is 8.50. The molecule has 1 aromatic rings. The largest absolute Gasteiger partial charge is 0.496 e. The van der Waals surface area contributed by atoms with E-state index in [1.807, 2.05) is 4.90 Å². The Hall–Kier alpha value is -2.77. The summed E-state index contributed by atoms with van der Waals surface area (Å²) >= 11 is 0. The second-order valence-electron chi connectivity index (χ2n) is 7.34. The zero-order valence-corrected chi connectivity index (χ0v) is 16.6. The molecule has 0 saturated carbocycles. The van der Waals surface area contributed by atoms with Crippen molar-refractivity contribution in [1.82, 2.24) is 14.7 Å². The number of likely N-dealkylation sites (tertiary alicyclic amines) is 1. The molecule has 28 heavy (non-hydrogen) atoms. The Balaban J connectivity index is 1.60. The normalized spacial score (nSPS) is 19.3. The van der Waals surface area contributed by atoms with E-state index in [2.05, 4.69) is 0 Å². The summed E-state index contributed by atoms with van der Waals surface area (Å²) in [7, 11) is 4.70. The summed E-state index contributed by atoms with van der Waals surface area (Å²) in [4.78, 5) is 41.4. The van der Waals surface area contributed by atoms with Crippen molar-refractivity contribution in [3.05, 3.63) is 29.3 Å². The molecule has 2 fully saturated rings. The smallest absolute Gasteiger partial charge is 0.337 e. The van der Waals surface area contributed by atoms with Crippen LogP contribution in [0.15, 0.2) is 18.2 Å². The highest BCUT2D eigenvalue weighted by Crippen LogP contribution is 2.28. The summed E-state index contributed by atoms with van der Waals surface area (Å²) in [6.45, 7) is 2.71. The summed E-state index contributed by atoms with van der Waals surface area (Å²) < 4.78 is 10.2. The van der Waals surface area contributed by atoms with Gasteiger partial charge < -0.3 is 24.2 Å². The number of rotatable bonds is 6. The molecule has 2 aliphatic rings. The summed E-state index contributed by atoms with van der Waals surface area (Å²) in [5.74, 6) is 0.611. The molecule has 3 rings (SSSR count). The lowest BCUT2D eigenvalue weighted by Crippen LogP contribution is -2.41. The van der Waals surface area contributed by atoms with Crippen LogP contribution in [-0.4, -0.2) is 86.6 Å². The van der Waals surface area contributed by atoms with Crippen molar-refractivity contribution in [3.63, 3.8) is 0 Å². The van der Waals surface area contributed by atoms with Crippen molar-refractivity contribution in [1.29, 1.82) is 0 Å². The molecule has 8 heteroatoms. The lowest BCUT2D eigenvalue weighted by atomic mass is 9.96. The molecule has 2 aliphatic heterocycles. The third-order valence-electron chi connectivity index (χ3n) is 5.48. The fourth-order valence-corrected chi connectivity index (χ4v) is 3.83. The number of urea groups is 1. The number of carbonyl (C=O) groups is 3. The predicted octanol–water partition coefficient (Wildman–Crippen LogP) is 1.24. The van der Waals surface area contributed by atoms with Crippen LogP contribution in [0, 0.1) is 5.92 Å². The first kappa shape index (κ1) is 20.0. The van der Waals surface area contributed by atoms with Gasteiger partial charge in [-0.25, -0.2) is 9.59 Å². The Morgan fingerprint density at radius 2 is 1.96 bits per heavy atom. The monoisotopic (exact) mass is 389 g/mol. The molecule has 2 saturated heterocycles. The summed E-state index contributed by atoms with van der Waals surface area (Å²) in [5, 5.41) is 0. The van der Waals surface area contributed by atoms with Gasteiger partial charge in [-0.05, 0) is 42.5 Å². The van der Waals surface area contributed by atoms with Crippen LogP contribution < -0.4 is 4.74 Å². The third-order valence-corrected chi connectivity index (χ3v) is 5.48. The maximum atomic E-state index is 12.6. The molecule has 0 aromatic heterocycles. The van der Waals surface area contributed by atoms with Crippen molar-refractivity contribution < 1.29 is 23.9 Å². The van der Waals surface area contributed by atoms with Gasteiger partial charge in [0.1, 0.15) is 12.3 Å². The topological polar surface area (TPSA) is 79.4 Å². The fraction of sp³-hybridized carbons (Fsp3) is 0.550. The van der Waals surface area contributed by atoms with E-state index < -0.39 is 0 Å². The highest BCUT2D eigenvalue weighted by atomic mass is 16.5. The summed E-state index contributed by atoms with van der Waals surface area (Å²) in [6.07, 6.45) is 1.59. The molecule has 0 N–H and O–H groups in total. The highest BCUT2D eigenvalue weighted by Gasteiger charge is 2.32. The molecule has 0 radical (unpaired) electrons. The van der Waals surface area contributed by atoms with Crippen molar-refractivity contribution in [2.24, 2.45) is 5.92 Å². The van der Waals surface area contributed by atoms with E-state index in [1.165, 1.54) is 7.11 Å². The quantitative estimate of drug-likeness (QED) is 0.684. The Morgan fingerprint density at radius 3 is 2.61 bits per heavy atom. The number of likely N-dealkylation sites (N-methyl/N-ethyl adjacent to an activating group) is 1. The van der Waals surface area contributed by atoms with Crippen LogP contribution >= 0.6 is 0 Å². The minimum absolute atomic E-state index is 0.0126. The number of methoxy groups -OCH3 is 2. The molecule has 0 bridgehead atoms. The molecule has 1 atom stereocenters. The van der Waals surface area contributed by atoms with E-state index in [-0.39, 0.29) is 30.4 Å². The van der Waals surface area contributed by atoms with E-state index in [0.717, 1.165) is 17.7 Å². The van der Waals surface area contributed by atoms with Gasteiger partial charge in [-0.1, -0.05) is 0 Å². The van der Waals surface area contributed by atoms with Crippen molar-refractivity contribution in [2.75, 3.05) is 54.0 Å². The number of nitrogens with zero attached hydrogens (tertiary/aromatic N) is 3. The molecule has 8 nitrogen and oxygen atoms in total. The molecule has 3 amide bonds. The molecule has 0 aliphatic carbocycles. The van der Waals surface area contributed by atoms with Crippen molar-refractivity contribution in [3.8, 4) is 5.75 Å². The Bertz CT molecular complexity index is 766. The van der Waals surface area contributed by atoms with Crippen LogP contribution in [-0.2, 0) is 16.0 Å². The summed E-state index contributed by atoms with van der Waals surface area (Å²) in [6, 6.07) is 5.17. The van der Waals surface area contributed by atoms with E-state index in [0.29, 0.717) is 38.2 Å². The van der Waals surface area contributed by atoms with Crippen LogP contribution in [0.2, 0.25) is 0 Å². The summed E-state index contributed by atoms with van der Waals surface area (Å²) in [5.41, 5.74) is 1.42. The van der Waals surface area contributed by atoms with Crippen LogP contribution in [0.4, 0.5) is 4.79 Å². The Labute approximate surface area is 165 Å². The SMILES string of the molecule is COC(=O)c1ccc(OC)c(CC2CCN(C(=O)CN3CCN(C)C3=O)C2)c1. The van der Waals surface area contributed by atoms with Gasteiger partial charge in [0.25, 0.3) is 0 Å². The zero-order valence-electron chi connectivity index (χ0n) is 16.6. The van der Waals surface area contributed by atoms with Gasteiger partial charge in [-0.15, -0.1) is 0 Å². The van der Waals surface area contributed by atoms with Crippen molar-refractivity contribution in [2.45, 2.75) is 12.8 Å². The van der Waals surface area contributed by atoms with Crippen LogP contribution in [0.5, 0.6) is 5.75 Å². The van der Waals surface area contributed by atoms with E-state index in [1.54, 1.807) is 42.2 Å². The molecular formula is C20H27N3O5. The molecule has 152 valence electrons. The highest BCUT2D eigenvalue weighted by molar-refractivity contribution is 5.89. The molecular weight excluding hydrogens is 362 g/mol. The number of ether oxygens (including phenoxy) is 2. The van der Waals surface area contributed by atoms with E-state index >= 15 is 0 Å². The van der Waals surface area contributed by atoms with Gasteiger partial charge in [-0.3, -0.25) is 4.79 Å². The predicted molar refractivity (Wildman–Crippen MR) is 102 cm³/mol. The Morgan fingerprint density at radius 1 is 1.18 bits per heavy atom. The second-order valence-corrected chi connectivity index (χ2v) is 7.34. The number of esters is 1. The first-order valence-corrected chi connectivity index (χ1v) is 9.46. The van der Waals surface area contributed by atoms with Crippen LogP contribution in [0.1, 0.15) is 22.3 Å². The molecule has 0 spiro atoms. The first-order chi connectivity index (χ1) is 13.4. The number of hydrogen-bond donors (Lipinski definition) is 0. The maximum absolute atomic E-state index is 12.6. The number of benzene rings is 1. The minimum Gasteiger partial charge on any atom is -0.496 e. The lowest BCUT2D eigenvalue weighted by molar-refractivity contribution is -0.130. The van der Waals surface area contributed by atoms with Crippen LogP contribution in [0.3, 0.4) is 0 Å². The third kappa shape index (κ3) is 4.21. The number of carbonyl (C=O) groups excluding carboxylic acids is 3. The van der Waals surface area contributed by atoms with E-state index in [4.69, 9.17) is 9.47 Å².